The van der Waals surface area contributed by atoms with Crippen LogP contribution in [-0.4, -0.2) is 24.2 Å². The molecule has 2 aromatic rings. The van der Waals surface area contributed by atoms with E-state index < -0.39 is 0 Å². The van der Waals surface area contributed by atoms with Gasteiger partial charge < -0.3 is 4.74 Å². The van der Waals surface area contributed by atoms with Gasteiger partial charge in [0.15, 0.2) is 0 Å². The Morgan fingerprint density at radius 2 is 2.05 bits per heavy atom. The van der Waals surface area contributed by atoms with Crippen molar-refractivity contribution in [1.82, 2.24) is 10.4 Å². The van der Waals surface area contributed by atoms with E-state index in [0.717, 1.165) is 29.4 Å². The average Bonchev–Trinajstić information content (AvgIpc) is 2.47. The highest BCUT2D eigenvalue weighted by atomic mass is 16.5. The maximum Gasteiger partial charge on any atom is 0.0738 e. The van der Waals surface area contributed by atoms with E-state index in [1.54, 1.807) is 7.11 Å². The predicted molar refractivity (Wildman–Crippen MR) is 77.6 cm³/mol. The number of aromatic nitrogens is 1. The van der Waals surface area contributed by atoms with Gasteiger partial charge in [0.25, 0.3) is 0 Å². The minimum absolute atomic E-state index is 0.0728. The molecule has 1 heterocycles. The van der Waals surface area contributed by atoms with Crippen LogP contribution in [-0.2, 0) is 11.2 Å². The number of methoxy groups -OCH3 is 1. The highest BCUT2D eigenvalue weighted by Gasteiger charge is 2.19. The molecule has 0 fully saturated rings. The summed E-state index contributed by atoms with van der Waals surface area (Å²) >= 11 is 0. The molecule has 19 heavy (non-hydrogen) atoms. The summed E-state index contributed by atoms with van der Waals surface area (Å²) in [6.07, 6.45) is 1.77. The standard InChI is InChI=1S/C15H21N3O/c1-3-15(19-2)14(18-16)10-12-9-8-11-6-4-5-7-13(11)17-12/h4-9,14-15,18H,3,10,16H2,1-2H3. The zero-order chi connectivity index (χ0) is 13.7. The number of hydrogen-bond acceptors (Lipinski definition) is 4. The summed E-state index contributed by atoms with van der Waals surface area (Å²) in [5.41, 5.74) is 4.88. The monoisotopic (exact) mass is 259 g/mol. The lowest BCUT2D eigenvalue weighted by Crippen LogP contribution is -2.46. The van der Waals surface area contributed by atoms with Crippen LogP contribution in [0.3, 0.4) is 0 Å². The minimum atomic E-state index is 0.0728. The lowest BCUT2D eigenvalue weighted by atomic mass is 10.0. The average molecular weight is 259 g/mol. The van der Waals surface area contributed by atoms with Gasteiger partial charge in [0.1, 0.15) is 0 Å². The van der Waals surface area contributed by atoms with Gasteiger partial charge in [-0.15, -0.1) is 0 Å². The fraction of sp³-hybridized carbons (Fsp3) is 0.400. The van der Waals surface area contributed by atoms with E-state index in [9.17, 15) is 0 Å². The first-order chi connectivity index (χ1) is 9.28. The first kappa shape index (κ1) is 13.9. The van der Waals surface area contributed by atoms with Gasteiger partial charge in [0.05, 0.1) is 17.7 Å². The van der Waals surface area contributed by atoms with Crippen molar-refractivity contribution in [1.29, 1.82) is 0 Å². The summed E-state index contributed by atoms with van der Waals surface area (Å²) in [5.74, 6) is 5.63. The Morgan fingerprint density at radius 3 is 2.74 bits per heavy atom. The number of benzene rings is 1. The predicted octanol–water partition coefficient (Wildman–Crippen LogP) is 2.03. The number of pyridine rings is 1. The molecule has 1 aromatic heterocycles. The molecule has 0 amide bonds. The number of nitrogens with zero attached hydrogens (tertiary/aromatic N) is 1. The SMILES string of the molecule is CCC(OC)C(Cc1ccc2ccccc2n1)NN. The maximum absolute atomic E-state index is 5.63. The van der Waals surface area contributed by atoms with Gasteiger partial charge in [0, 0.05) is 24.6 Å². The van der Waals surface area contributed by atoms with Crippen LogP contribution in [0.25, 0.3) is 10.9 Å². The molecule has 2 rings (SSSR count). The largest absolute Gasteiger partial charge is 0.380 e. The second-order valence-corrected chi connectivity index (χ2v) is 4.65. The summed E-state index contributed by atoms with van der Waals surface area (Å²) in [7, 11) is 1.71. The summed E-state index contributed by atoms with van der Waals surface area (Å²) in [4.78, 5) is 4.66. The van der Waals surface area contributed by atoms with Gasteiger partial charge in [-0.25, -0.2) is 0 Å². The van der Waals surface area contributed by atoms with E-state index in [2.05, 4.69) is 35.5 Å². The molecular formula is C15H21N3O. The Labute approximate surface area is 113 Å². The van der Waals surface area contributed by atoms with Crippen molar-refractivity contribution in [2.45, 2.75) is 31.9 Å². The molecule has 0 aliphatic carbocycles. The van der Waals surface area contributed by atoms with E-state index in [4.69, 9.17) is 10.6 Å². The zero-order valence-corrected chi connectivity index (χ0v) is 11.5. The molecule has 0 saturated carbocycles. The van der Waals surface area contributed by atoms with E-state index in [1.165, 1.54) is 0 Å². The van der Waals surface area contributed by atoms with E-state index >= 15 is 0 Å². The number of fused-ring (bicyclic) bond motifs is 1. The summed E-state index contributed by atoms with van der Waals surface area (Å²) in [6, 6.07) is 12.3. The summed E-state index contributed by atoms with van der Waals surface area (Å²) in [6.45, 7) is 2.09. The number of hydrogen-bond donors (Lipinski definition) is 2. The molecular weight excluding hydrogens is 238 g/mol. The third kappa shape index (κ3) is 3.29. The van der Waals surface area contributed by atoms with Crippen LogP contribution in [0.15, 0.2) is 36.4 Å². The van der Waals surface area contributed by atoms with Crippen molar-refractivity contribution in [2.24, 2.45) is 5.84 Å². The molecule has 0 bridgehead atoms. The van der Waals surface area contributed by atoms with Crippen molar-refractivity contribution in [3.63, 3.8) is 0 Å². The van der Waals surface area contributed by atoms with Gasteiger partial charge in [0.2, 0.25) is 0 Å². The van der Waals surface area contributed by atoms with Crippen molar-refractivity contribution in [3.8, 4) is 0 Å². The van der Waals surface area contributed by atoms with Gasteiger partial charge in [-0.3, -0.25) is 16.3 Å². The Morgan fingerprint density at radius 1 is 1.26 bits per heavy atom. The zero-order valence-electron chi connectivity index (χ0n) is 11.5. The number of rotatable bonds is 6. The van der Waals surface area contributed by atoms with Crippen molar-refractivity contribution < 1.29 is 4.74 Å². The highest BCUT2D eigenvalue weighted by Crippen LogP contribution is 2.14. The highest BCUT2D eigenvalue weighted by molar-refractivity contribution is 5.78. The number of para-hydroxylation sites is 1. The topological polar surface area (TPSA) is 60.2 Å². The van der Waals surface area contributed by atoms with Crippen molar-refractivity contribution in [2.75, 3.05) is 7.11 Å². The van der Waals surface area contributed by atoms with Crippen LogP contribution >= 0.6 is 0 Å². The van der Waals surface area contributed by atoms with Gasteiger partial charge in [-0.05, 0) is 18.6 Å². The van der Waals surface area contributed by atoms with Crippen molar-refractivity contribution >= 4 is 10.9 Å². The first-order valence-corrected chi connectivity index (χ1v) is 6.62. The van der Waals surface area contributed by atoms with E-state index in [-0.39, 0.29) is 12.1 Å². The third-order valence-electron chi connectivity index (χ3n) is 3.45. The van der Waals surface area contributed by atoms with Gasteiger partial charge in [-0.2, -0.15) is 0 Å². The lowest BCUT2D eigenvalue weighted by Gasteiger charge is -2.24. The molecule has 0 saturated heterocycles. The molecule has 2 atom stereocenters. The van der Waals surface area contributed by atoms with E-state index in [1.807, 2.05) is 18.2 Å². The molecule has 0 aliphatic rings. The number of ether oxygens (including phenoxy) is 1. The minimum Gasteiger partial charge on any atom is -0.380 e. The van der Waals surface area contributed by atoms with Crippen LogP contribution in [0.5, 0.6) is 0 Å². The third-order valence-corrected chi connectivity index (χ3v) is 3.45. The summed E-state index contributed by atoms with van der Waals surface area (Å²) < 4.78 is 5.44. The van der Waals surface area contributed by atoms with Crippen LogP contribution in [0.1, 0.15) is 19.0 Å². The smallest absolute Gasteiger partial charge is 0.0738 e. The molecule has 4 heteroatoms. The lowest BCUT2D eigenvalue weighted by molar-refractivity contribution is 0.0651. The van der Waals surface area contributed by atoms with Crippen LogP contribution in [0.2, 0.25) is 0 Å². The fourth-order valence-corrected chi connectivity index (χ4v) is 2.36. The Balaban J connectivity index is 2.19. The maximum atomic E-state index is 5.63. The van der Waals surface area contributed by atoms with E-state index in [0.29, 0.717) is 0 Å². The fourth-order valence-electron chi connectivity index (χ4n) is 2.36. The number of hydrazine groups is 1. The first-order valence-electron chi connectivity index (χ1n) is 6.62. The molecule has 0 aliphatic heterocycles. The molecule has 1 aromatic carbocycles. The number of nitrogens with two attached hydrogens (primary N) is 1. The van der Waals surface area contributed by atoms with Gasteiger partial charge in [-0.1, -0.05) is 31.2 Å². The quantitative estimate of drug-likeness (QED) is 0.615. The van der Waals surface area contributed by atoms with Gasteiger partial charge >= 0.3 is 0 Å². The van der Waals surface area contributed by atoms with Crippen LogP contribution in [0.4, 0.5) is 0 Å². The molecule has 102 valence electrons. The number of nitrogens with one attached hydrogen (secondary N) is 1. The normalized spacial score (nSPS) is 14.5. The second-order valence-electron chi connectivity index (χ2n) is 4.65. The molecule has 3 N–H and O–H groups in total. The molecule has 2 unspecified atom stereocenters. The Hall–Kier alpha value is -1.49. The Kier molecular flexibility index (Phi) is 4.85. The van der Waals surface area contributed by atoms with Crippen LogP contribution in [0, 0.1) is 0 Å². The molecule has 0 spiro atoms. The second kappa shape index (κ2) is 6.61. The summed E-state index contributed by atoms with van der Waals surface area (Å²) in [5, 5.41) is 1.15. The van der Waals surface area contributed by atoms with Crippen LogP contribution < -0.4 is 11.3 Å². The molecule has 4 nitrogen and oxygen atoms in total. The molecule has 0 radical (unpaired) electrons. The Bertz CT molecular complexity index is 526. The van der Waals surface area contributed by atoms with Crippen molar-refractivity contribution in [3.05, 3.63) is 42.1 Å².